The molecule has 1 amide bonds. The fourth-order valence-corrected chi connectivity index (χ4v) is 5.99. The molecule has 2 aromatic rings. The fourth-order valence-electron chi connectivity index (χ4n) is 3.17. The number of nitrogens with zero attached hydrogens (tertiary/aromatic N) is 2. The van der Waals surface area contributed by atoms with Crippen molar-refractivity contribution in [2.75, 3.05) is 46.4 Å². The second kappa shape index (κ2) is 10.0. The van der Waals surface area contributed by atoms with Crippen LogP contribution >= 0.6 is 22.9 Å². The molecule has 2 heterocycles. The van der Waals surface area contributed by atoms with Crippen LogP contribution in [0, 0.1) is 0 Å². The van der Waals surface area contributed by atoms with Crippen LogP contribution in [0.1, 0.15) is 11.6 Å². The Morgan fingerprint density at radius 1 is 1.24 bits per heavy atom. The minimum Gasteiger partial charge on any atom is -0.379 e. The first-order valence-corrected chi connectivity index (χ1v) is 11.9. The highest BCUT2D eigenvalue weighted by molar-refractivity contribution is 7.91. The van der Waals surface area contributed by atoms with Crippen LogP contribution < -0.4 is 5.32 Å². The molecular formula is C19H24ClN3O4S2. The molecule has 0 saturated carbocycles. The number of benzene rings is 1. The number of thiophene rings is 1. The molecule has 0 bridgehead atoms. The van der Waals surface area contributed by atoms with Gasteiger partial charge in [0.05, 0.1) is 30.1 Å². The zero-order chi connectivity index (χ0) is 20.9. The quantitative estimate of drug-likeness (QED) is 0.657. The maximum Gasteiger partial charge on any atom is 0.252 e. The molecular weight excluding hydrogens is 434 g/mol. The van der Waals surface area contributed by atoms with E-state index in [1.165, 1.54) is 19.2 Å². The maximum absolute atomic E-state index is 12.6. The minimum absolute atomic E-state index is 0.00191. The van der Waals surface area contributed by atoms with Crippen molar-refractivity contribution in [1.29, 1.82) is 0 Å². The summed E-state index contributed by atoms with van der Waals surface area (Å²) >= 11 is 6.81. The molecule has 0 radical (unpaired) electrons. The lowest BCUT2D eigenvalue weighted by molar-refractivity contribution is -0.121. The van der Waals surface area contributed by atoms with Crippen molar-refractivity contribution in [2.24, 2.45) is 0 Å². The third-order valence-corrected chi connectivity index (χ3v) is 8.24. The second-order valence-corrected chi connectivity index (χ2v) is 10.7. The summed E-state index contributed by atoms with van der Waals surface area (Å²) in [6, 6.07) is 12.9. The number of sulfonamides is 1. The first-order chi connectivity index (χ1) is 13.9. The highest BCUT2D eigenvalue weighted by atomic mass is 35.5. The van der Waals surface area contributed by atoms with Crippen LogP contribution in [0.2, 0.25) is 4.34 Å². The maximum atomic E-state index is 12.6. The number of hydrogen-bond acceptors (Lipinski definition) is 6. The van der Waals surface area contributed by atoms with Crippen molar-refractivity contribution in [3.63, 3.8) is 0 Å². The number of rotatable bonds is 8. The number of nitrogens with one attached hydrogen (secondary N) is 1. The average molecular weight is 458 g/mol. The van der Waals surface area contributed by atoms with Crippen molar-refractivity contribution >= 4 is 38.9 Å². The van der Waals surface area contributed by atoms with Gasteiger partial charge in [0.15, 0.2) is 0 Å². The number of carbonyl (C=O) groups is 1. The van der Waals surface area contributed by atoms with E-state index in [4.69, 9.17) is 16.3 Å². The van der Waals surface area contributed by atoms with Gasteiger partial charge in [-0.3, -0.25) is 9.69 Å². The molecule has 1 aliphatic heterocycles. The van der Waals surface area contributed by atoms with E-state index >= 15 is 0 Å². The summed E-state index contributed by atoms with van der Waals surface area (Å²) in [5.74, 6) is -0.354. The van der Waals surface area contributed by atoms with Gasteiger partial charge in [0.1, 0.15) is 4.21 Å². The highest BCUT2D eigenvalue weighted by Gasteiger charge is 2.26. The van der Waals surface area contributed by atoms with E-state index in [0.29, 0.717) is 24.1 Å². The fraction of sp³-hybridized carbons (Fsp3) is 0.421. The zero-order valence-electron chi connectivity index (χ0n) is 16.1. The number of ether oxygens (including phenoxy) is 1. The van der Waals surface area contributed by atoms with E-state index in [0.717, 1.165) is 34.3 Å². The lowest BCUT2D eigenvalue weighted by Crippen LogP contribution is -2.45. The summed E-state index contributed by atoms with van der Waals surface area (Å²) in [6.45, 7) is 3.00. The van der Waals surface area contributed by atoms with Gasteiger partial charge in [0.25, 0.3) is 10.0 Å². The normalized spacial score (nSPS) is 16.7. The Labute approximate surface area is 180 Å². The van der Waals surface area contributed by atoms with Gasteiger partial charge >= 0.3 is 0 Å². The van der Waals surface area contributed by atoms with Crippen LogP contribution in [-0.4, -0.2) is 70.0 Å². The van der Waals surface area contributed by atoms with Gasteiger partial charge < -0.3 is 10.1 Å². The number of hydrogen-bond donors (Lipinski definition) is 1. The summed E-state index contributed by atoms with van der Waals surface area (Å²) in [7, 11) is -2.36. The van der Waals surface area contributed by atoms with Gasteiger partial charge in [-0.2, -0.15) is 4.31 Å². The molecule has 1 atom stereocenters. The predicted octanol–water partition coefficient (Wildman–Crippen LogP) is 2.21. The van der Waals surface area contributed by atoms with Gasteiger partial charge in [-0.1, -0.05) is 41.9 Å². The van der Waals surface area contributed by atoms with E-state index < -0.39 is 10.0 Å². The first-order valence-electron chi connectivity index (χ1n) is 9.23. The van der Waals surface area contributed by atoms with Crippen LogP contribution in [-0.2, 0) is 19.6 Å². The van der Waals surface area contributed by atoms with Crippen LogP contribution in [0.5, 0.6) is 0 Å². The molecule has 1 aromatic carbocycles. The standard InChI is InChI=1S/C19H24ClN3O4S2/c1-22(29(25,26)19-8-7-17(20)28-19)14-18(24)21-13-16(15-5-3-2-4-6-15)23-9-11-27-12-10-23/h2-8,16H,9-14H2,1H3,(H,21,24). The molecule has 1 aromatic heterocycles. The van der Waals surface area contributed by atoms with Crippen LogP contribution in [0.25, 0.3) is 0 Å². The second-order valence-electron chi connectivity index (χ2n) is 6.70. The Morgan fingerprint density at radius 3 is 2.55 bits per heavy atom. The molecule has 0 aliphatic carbocycles. The molecule has 0 spiro atoms. The van der Waals surface area contributed by atoms with Crippen LogP contribution in [0.15, 0.2) is 46.7 Å². The van der Waals surface area contributed by atoms with E-state index in [9.17, 15) is 13.2 Å². The first kappa shape index (κ1) is 22.2. The lowest BCUT2D eigenvalue weighted by atomic mass is 10.0. The monoisotopic (exact) mass is 457 g/mol. The molecule has 3 rings (SSSR count). The Hall–Kier alpha value is -1.49. The zero-order valence-corrected chi connectivity index (χ0v) is 18.5. The van der Waals surface area contributed by atoms with E-state index in [1.54, 1.807) is 0 Å². The number of morpholine rings is 1. The largest absolute Gasteiger partial charge is 0.379 e. The van der Waals surface area contributed by atoms with E-state index in [-0.39, 0.29) is 22.7 Å². The lowest BCUT2D eigenvalue weighted by Gasteiger charge is -2.35. The third-order valence-electron chi connectivity index (χ3n) is 4.74. The molecule has 158 valence electrons. The summed E-state index contributed by atoms with van der Waals surface area (Å²) in [4.78, 5) is 14.7. The predicted molar refractivity (Wildman–Crippen MR) is 114 cm³/mol. The van der Waals surface area contributed by atoms with Crippen molar-refractivity contribution in [2.45, 2.75) is 10.3 Å². The average Bonchev–Trinajstić information content (AvgIpc) is 3.17. The summed E-state index contributed by atoms with van der Waals surface area (Å²) in [6.07, 6.45) is 0. The minimum atomic E-state index is -3.74. The molecule has 10 heteroatoms. The summed E-state index contributed by atoms with van der Waals surface area (Å²) in [5.41, 5.74) is 1.10. The molecule has 1 unspecified atom stereocenters. The Bertz CT molecular complexity index is 915. The van der Waals surface area contributed by atoms with Crippen molar-refractivity contribution in [3.05, 3.63) is 52.4 Å². The molecule has 29 heavy (non-hydrogen) atoms. The van der Waals surface area contributed by atoms with Gasteiger partial charge in [0.2, 0.25) is 5.91 Å². The third kappa shape index (κ3) is 5.78. The van der Waals surface area contributed by atoms with Gasteiger partial charge in [-0.15, -0.1) is 11.3 Å². The summed E-state index contributed by atoms with van der Waals surface area (Å²) < 4.78 is 32.1. The van der Waals surface area contributed by atoms with Crippen molar-refractivity contribution < 1.29 is 17.9 Å². The Morgan fingerprint density at radius 2 is 1.93 bits per heavy atom. The molecule has 1 fully saturated rings. The van der Waals surface area contributed by atoms with Crippen LogP contribution in [0.4, 0.5) is 0 Å². The van der Waals surface area contributed by atoms with Gasteiger partial charge in [-0.25, -0.2) is 8.42 Å². The SMILES string of the molecule is CN(CC(=O)NCC(c1ccccc1)N1CCOCC1)S(=O)(=O)c1ccc(Cl)s1. The van der Waals surface area contributed by atoms with Crippen LogP contribution in [0.3, 0.4) is 0 Å². The smallest absolute Gasteiger partial charge is 0.252 e. The van der Waals surface area contributed by atoms with E-state index in [2.05, 4.69) is 10.2 Å². The Balaban J connectivity index is 1.62. The Kier molecular flexibility index (Phi) is 7.66. The van der Waals surface area contributed by atoms with E-state index in [1.807, 2.05) is 30.3 Å². The van der Waals surface area contributed by atoms with Gasteiger partial charge in [0, 0.05) is 26.7 Å². The molecule has 1 N–H and O–H groups in total. The topological polar surface area (TPSA) is 79.0 Å². The molecule has 1 aliphatic rings. The highest BCUT2D eigenvalue weighted by Crippen LogP contribution is 2.27. The number of likely N-dealkylation sites (N-methyl/N-ethyl adjacent to an activating group) is 1. The number of carbonyl (C=O) groups excluding carboxylic acids is 1. The molecule has 1 saturated heterocycles. The summed E-state index contributed by atoms with van der Waals surface area (Å²) in [5, 5.41) is 2.89. The van der Waals surface area contributed by atoms with Crippen molar-refractivity contribution in [3.8, 4) is 0 Å². The van der Waals surface area contributed by atoms with Crippen molar-refractivity contribution in [1.82, 2.24) is 14.5 Å². The number of amides is 1. The number of halogens is 1. The van der Waals surface area contributed by atoms with Gasteiger partial charge in [-0.05, 0) is 17.7 Å². The molecule has 7 nitrogen and oxygen atoms in total.